The van der Waals surface area contributed by atoms with Gasteiger partial charge in [-0.3, -0.25) is 9.59 Å². The first-order valence-electron chi connectivity index (χ1n) is 15.5. The van der Waals surface area contributed by atoms with Gasteiger partial charge in [0.15, 0.2) is 35.0 Å². The van der Waals surface area contributed by atoms with E-state index in [1.54, 1.807) is 30.4 Å². The van der Waals surface area contributed by atoms with Crippen molar-refractivity contribution in [3.63, 3.8) is 0 Å². The van der Waals surface area contributed by atoms with E-state index in [-0.39, 0.29) is 52.9 Å². The summed E-state index contributed by atoms with van der Waals surface area (Å²) in [6.07, 6.45) is 4.28. The first-order chi connectivity index (χ1) is 21.4. The van der Waals surface area contributed by atoms with E-state index < -0.39 is 53.1 Å². The van der Waals surface area contributed by atoms with Crippen LogP contribution in [0.2, 0.25) is 5.02 Å². The first kappa shape index (κ1) is 30.6. The fraction of sp³-hybridized carbons (Fsp3) is 0.486. The Labute approximate surface area is 266 Å². The van der Waals surface area contributed by atoms with Crippen LogP contribution in [0.15, 0.2) is 60.2 Å². The molecule has 9 atom stereocenters. The fourth-order valence-corrected chi connectivity index (χ4v) is 9.75. The summed E-state index contributed by atoms with van der Waals surface area (Å²) in [6, 6.07) is 10.0. The lowest BCUT2D eigenvalue weighted by Gasteiger charge is -2.59. The molecule has 8 nitrogen and oxygen atoms in total. The number of benzene rings is 2. The van der Waals surface area contributed by atoms with E-state index >= 15 is 4.39 Å². The summed E-state index contributed by atoms with van der Waals surface area (Å²) in [5.41, 5.74) is 5.09. The Morgan fingerprint density at radius 1 is 1.22 bits per heavy atom. The van der Waals surface area contributed by atoms with Crippen LogP contribution in [0.3, 0.4) is 0 Å². The Kier molecular flexibility index (Phi) is 7.30. The maximum absolute atomic E-state index is 16.1. The maximum atomic E-state index is 16.1. The molecule has 0 aromatic heterocycles. The molecule has 238 valence electrons. The molecule has 0 spiro atoms. The normalized spacial score (nSPS) is 38.2. The van der Waals surface area contributed by atoms with Gasteiger partial charge in [0.25, 0.3) is 0 Å². The molecule has 0 bridgehead atoms. The number of aliphatic hydroxyl groups excluding tert-OH is 2. The van der Waals surface area contributed by atoms with Gasteiger partial charge in [-0.15, -0.1) is 0 Å². The largest absolute Gasteiger partial charge is 0.486 e. The van der Waals surface area contributed by atoms with Crippen LogP contribution in [0.5, 0.6) is 5.75 Å². The third kappa shape index (κ3) is 4.31. The highest BCUT2D eigenvalue weighted by atomic mass is 35.5. The SMILES string of the molecule is C[C@]12C=CC(=O)C=C1CC[C@@H]1[C@@H]2[C@@H](O)C[C@@]2(C)[C@H]1C[C@H]1O[C@H](c3c(Cl)ccc(OCc4ccccc4N)c3F)O[C@]12C(=O)CO. The predicted octanol–water partition coefficient (Wildman–Crippen LogP) is 5.24. The fourth-order valence-electron chi connectivity index (χ4n) is 9.51. The molecule has 7 rings (SSSR count). The summed E-state index contributed by atoms with van der Waals surface area (Å²) in [6.45, 7) is 3.22. The molecule has 10 heteroatoms. The van der Waals surface area contributed by atoms with Crippen LogP contribution < -0.4 is 10.5 Å². The topological polar surface area (TPSA) is 128 Å². The van der Waals surface area contributed by atoms with Gasteiger partial charge >= 0.3 is 0 Å². The molecule has 4 fully saturated rings. The number of ketones is 2. The van der Waals surface area contributed by atoms with Gasteiger partial charge in [-0.2, -0.15) is 0 Å². The van der Waals surface area contributed by atoms with E-state index in [9.17, 15) is 19.8 Å². The third-order valence-electron chi connectivity index (χ3n) is 11.6. The third-order valence-corrected chi connectivity index (χ3v) is 11.9. The van der Waals surface area contributed by atoms with Crippen LogP contribution in [0.1, 0.15) is 56.9 Å². The number of allylic oxidation sites excluding steroid dienone is 4. The molecule has 0 radical (unpaired) electrons. The molecular weight excluding hydrogens is 601 g/mol. The number of hydrogen-bond acceptors (Lipinski definition) is 8. The highest BCUT2D eigenvalue weighted by Crippen LogP contribution is 2.70. The van der Waals surface area contributed by atoms with Crippen LogP contribution in [0.4, 0.5) is 10.1 Å². The van der Waals surface area contributed by atoms with Crippen LogP contribution in [0.25, 0.3) is 0 Å². The zero-order valence-corrected chi connectivity index (χ0v) is 25.9. The van der Waals surface area contributed by atoms with Crippen molar-refractivity contribution in [2.45, 2.75) is 70.2 Å². The minimum absolute atomic E-state index is 0.000782. The molecule has 4 aliphatic carbocycles. The van der Waals surface area contributed by atoms with Crippen molar-refractivity contribution in [3.8, 4) is 5.75 Å². The van der Waals surface area contributed by atoms with Crippen LogP contribution in [-0.4, -0.2) is 46.2 Å². The van der Waals surface area contributed by atoms with Crippen molar-refractivity contribution in [1.29, 1.82) is 0 Å². The number of anilines is 1. The average molecular weight is 638 g/mol. The lowest BCUT2D eigenvalue weighted by Crippen LogP contribution is -2.63. The van der Waals surface area contributed by atoms with E-state index in [4.69, 9.17) is 31.5 Å². The van der Waals surface area contributed by atoms with E-state index in [0.717, 1.165) is 12.0 Å². The highest BCUT2D eigenvalue weighted by Gasteiger charge is 2.76. The number of ether oxygens (including phenoxy) is 3. The number of rotatable bonds is 6. The monoisotopic (exact) mass is 637 g/mol. The van der Waals surface area contributed by atoms with Crippen LogP contribution in [0, 0.1) is 34.4 Å². The van der Waals surface area contributed by atoms with Crippen molar-refractivity contribution >= 4 is 28.9 Å². The van der Waals surface area contributed by atoms with Crippen LogP contribution >= 0.6 is 11.6 Å². The second kappa shape index (κ2) is 10.7. The average Bonchev–Trinajstić information content (AvgIpc) is 3.50. The van der Waals surface area contributed by atoms with Gasteiger partial charge in [0.05, 0.1) is 22.8 Å². The number of carbonyl (C=O) groups is 2. The molecule has 1 heterocycles. The van der Waals surface area contributed by atoms with E-state index in [0.29, 0.717) is 24.1 Å². The second-order valence-corrected chi connectivity index (χ2v) is 14.0. The minimum atomic E-state index is -1.64. The molecule has 4 N–H and O–H groups in total. The van der Waals surface area contributed by atoms with Crippen molar-refractivity contribution < 1.29 is 38.4 Å². The Balaban J connectivity index is 1.22. The predicted molar refractivity (Wildman–Crippen MR) is 164 cm³/mol. The molecular formula is C35H37ClFNO7. The zero-order valence-electron chi connectivity index (χ0n) is 25.2. The quantitative estimate of drug-likeness (QED) is 0.367. The van der Waals surface area contributed by atoms with Crippen molar-refractivity contribution in [2.24, 2.45) is 28.6 Å². The number of halogens is 2. The number of nitrogens with two attached hydrogens (primary N) is 1. The zero-order chi connectivity index (χ0) is 31.9. The van der Waals surface area contributed by atoms with Crippen molar-refractivity contribution in [1.82, 2.24) is 0 Å². The minimum Gasteiger partial charge on any atom is -0.486 e. The standard InChI is InChI=1S/C35H37ClFNO7/c1-33-12-11-20(40)13-19(33)7-8-21-22-14-28-35(27(42)16-39,34(22,2)15-25(41)30(21)33)45-32(44-28)29-23(36)9-10-26(31(29)37)43-17-18-5-3-4-6-24(18)38/h3-6,9-13,21-22,25,28,30,32,39,41H,7-8,14-17,38H2,1-2H3/t21-,22-,25-,28+,30+,32-,33-,34-,35+/m0/s1. The molecule has 0 amide bonds. The Morgan fingerprint density at radius 3 is 2.76 bits per heavy atom. The highest BCUT2D eigenvalue weighted by molar-refractivity contribution is 6.31. The maximum Gasteiger partial charge on any atom is 0.193 e. The molecule has 5 aliphatic rings. The number of Topliss-reactive ketones (excluding diaryl/α,β-unsaturated/α-hetero) is 1. The van der Waals surface area contributed by atoms with Gasteiger partial charge in [0, 0.05) is 28.0 Å². The number of carbonyl (C=O) groups excluding carboxylic acids is 2. The molecule has 2 aromatic carbocycles. The van der Waals surface area contributed by atoms with Gasteiger partial charge < -0.3 is 30.2 Å². The molecule has 1 aliphatic heterocycles. The number of para-hydroxylation sites is 1. The lowest BCUT2D eigenvalue weighted by atomic mass is 9.46. The summed E-state index contributed by atoms with van der Waals surface area (Å²) in [7, 11) is 0. The summed E-state index contributed by atoms with van der Waals surface area (Å²) in [5, 5.41) is 22.1. The van der Waals surface area contributed by atoms with Gasteiger partial charge in [0.1, 0.15) is 13.2 Å². The number of aliphatic hydroxyl groups is 2. The molecule has 45 heavy (non-hydrogen) atoms. The van der Waals surface area contributed by atoms with Crippen LogP contribution in [-0.2, 0) is 25.7 Å². The van der Waals surface area contributed by atoms with Gasteiger partial charge in [-0.25, -0.2) is 4.39 Å². The Morgan fingerprint density at radius 2 is 2.00 bits per heavy atom. The molecule has 0 unspecified atom stereocenters. The summed E-state index contributed by atoms with van der Waals surface area (Å²) in [5.74, 6) is -1.74. The van der Waals surface area contributed by atoms with Crippen molar-refractivity contribution in [2.75, 3.05) is 12.3 Å². The summed E-state index contributed by atoms with van der Waals surface area (Å²) < 4.78 is 34.8. The smallest absolute Gasteiger partial charge is 0.193 e. The van der Waals surface area contributed by atoms with E-state index in [1.165, 1.54) is 12.1 Å². The van der Waals surface area contributed by atoms with E-state index in [2.05, 4.69) is 6.92 Å². The molecule has 2 aromatic rings. The first-order valence-corrected chi connectivity index (χ1v) is 15.9. The van der Waals surface area contributed by atoms with Gasteiger partial charge in [-0.05, 0) is 67.9 Å². The van der Waals surface area contributed by atoms with Gasteiger partial charge in [-0.1, -0.05) is 55.3 Å². The number of hydrogen-bond donors (Lipinski definition) is 3. The molecule has 3 saturated carbocycles. The Bertz CT molecular complexity index is 1640. The Hall–Kier alpha value is -3.08. The summed E-state index contributed by atoms with van der Waals surface area (Å²) >= 11 is 6.53. The number of nitrogen functional groups attached to an aromatic ring is 1. The van der Waals surface area contributed by atoms with Gasteiger partial charge in [0.2, 0.25) is 0 Å². The summed E-state index contributed by atoms with van der Waals surface area (Å²) in [4.78, 5) is 26.0. The lowest BCUT2D eigenvalue weighted by molar-refractivity contribution is -0.201. The molecule has 1 saturated heterocycles. The van der Waals surface area contributed by atoms with E-state index in [1.807, 2.05) is 19.1 Å². The second-order valence-electron chi connectivity index (χ2n) is 13.6. The van der Waals surface area contributed by atoms with Crippen molar-refractivity contribution in [3.05, 3.63) is 82.2 Å². The number of fused-ring (bicyclic) bond motifs is 7.